The Morgan fingerprint density at radius 1 is 1.60 bits per heavy atom. The van der Waals surface area contributed by atoms with Gasteiger partial charge in [-0.05, 0) is 31.3 Å². The van der Waals surface area contributed by atoms with Crippen molar-refractivity contribution in [2.45, 2.75) is 19.9 Å². The number of carbonyl (C=O) groups is 1. The molecule has 3 rings (SSSR count). The summed E-state index contributed by atoms with van der Waals surface area (Å²) in [4.78, 5) is 23.4. The molecule has 0 radical (unpaired) electrons. The van der Waals surface area contributed by atoms with E-state index >= 15 is 0 Å². The molecule has 1 aliphatic rings. The van der Waals surface area contributed by atoms with Crippen molar-refractivity contribution < 1.29 is 4.79 Å². The highest BCUT2D eigenvalue weighted by Crippen LogP contribution is 2.31. The number of amides is 1. The molecule has 5 nitrogen and oxygen atoms in total. The lowest BCUT2D eigenvalue weighted by Crippen LogP contribution is -2.37. The zero-order valence-corrected chi connectivity index (χ0v) is 12.7. The second-order valence-electron chi connectivity index (χ2n) is 5.46. The molecular formula is C13H15ClN4OS. The van der Waals surface area contributed by atoms with E-state index in [0.717, 1.165) is 23.2 Å². The Bertz CT molecular complexity index is 673. The van der Waals surface area contributed by atoms with Crippen LogP contribution in [0.25, 0.3) is 10.2 Å². The van der Waals surface area contributed by atoms with Crippen LogP contribution in [0.2, 0.25) is 5.15 Å². The van der Waals surface area contributed by atoms with Gasteiger partial charge in [0.25, 0.3) is 0 Å². The summed E-state index contributed by atoms with van der Waals surface area (Å²) in [6.07, 6.45) is 0.775. The number of hydrogen-bond acceptors (Lipinski definition) is 5. The average molecular weight is 311 g/mol. The number of fused-ring (bicyclic) bond motifs is 1. The van der Waals surface area contributed by atoms with Crippen LogP contribution in [-0.2, 0) is 11.3 Å². The highest BCUT2D eigenvalue weighted by atomic mass is 35.5. The minimum absolute atomic E-state index is 0.243. The fourth-order valence-corrected chi connectivity index (χ4v) is 3.61. The number of likely N-dealkylation sites (tertiary alicyclic amines) is 1. The summed E-state index contributed by atoms with van der Waals surface area (Å²) in [5, 5.41) is 3.33. The van der Waals surface area contributed by atoms with E-state index in [0.29, 0.717) is 24.1 Å². The summed E-state index contributed by atoms with van der Waals surface area (Å²) in [5.74, 6) is 0.450. The highest BCUT2D eigenvalue weighted by Gasteiger charge is 2.38. The van der Waals surface area contributed by atoms with Crippen molar-refractivity contribution in [3.63, 3.8) is 0 Å². The van der Waals surface area contributed by atoms with E-state index in [-0.39, 0.29) is 5.91 Å². The van der Waals surface area contributed by atoms with Gasteiger partial charge >= 0.3 is 0 Å². The van der Waals surface area contributed by atoms with Gasteiger partial charge in [0.05, 0.1) is 12.0 Å². The summed E-state index contributed by atoms with van der Waals surface area (Å²) in [7, 11) is 0. The molecule has 0 saturated carbocycles. The Balaban J connectivity index is 1.79. The van der Waals surface area contributed by atoms with Gasteiger partial charge in [0.1, 0.15) is 15.8 Å². The van der Waals surface area contributed by atoms with Crippen LogP contribution in [0.5, 0.6) is 0 Å². The minimum atomic E-state index is -0.448. The molecule has 0 bridgehead atoms. The maximum absolute atomic E-state index is 11.5. The van der Waals surface area contributed by atoms with Gasteiger partial charge < -0.3 is 5.73 Å². The molecule has 1 unspecified atom stereocenters. The van der Waals surface area contributed by atoms with E-state index < -0.39 is 5.41 Å². The molecule has 3 heterocycles. The number of nitrogens with two attached hydrogens (primary N) is 1. The normalized spacial score (nSPS) is 23.5. The molecular weight excluding hydrogens is 296 g/mol. The number of carbonyl (C=O) groups excluding carboxylic acids is 1. The predicted octanol–water partition coefficient (Wildman–Crippen LogP) is 2.04. The maximum atomic E-state index is 11.5. The van der Waals surface area contributed by atoms with E-state index in [9.17, 15) is 4.79 Å². The maximum Gasteiger partial charge on any atom is 0.224 e. The Labute approximate surface area is 125 Å². The van der Waals surface area contributed by atoms with E-state index in [1.165, 1.54) is 0 Å². The van der Waals surface area contributed by atoms with Gasteiger partial charge in [-0.1, -0.05) is 11.6 Å². The van der Waals surface area contributed by atoms with Crippen molar-refractivity contribution in [2.24, 2.45) is 11.1 Å². The second kappa shape index (κ2) is 4.95. The lowest BCUT2D eigenvalue weighted by molar-refractivity contribution is -0.126. The minimum Gasteiger partial charge on any atom is -0.369 e. The molecule has 2 aromatic rings. The molecule has 7 heteroatoms. The van der Waals surface area contributed by atoms with E-state index in [4.69, 9.17) is 17.3 Å². The van der Waals surface area contributed by atoms with Crippen LogP contribution >= 0.6 is 22.9 Å². The Kier molecular flexibility index (Phi) is 3.40. The molecule has 1 saturated heterocycles. The molecule has 0 spiro atoms. The number of rotatable bonds is 3. The fraction of sp³-hybridized carbons (Fsp3) is 0.462. The van der Waals surface area contributed by atoms with Gasteiger partial charge in [-0.3, -0.25) is 9.69 Å². The third-order valence-electron chi connectivity index (χ3n) is 3.84. The first-order valence-electron chi connectivity index (χ1n) is 6.40. The number of primary amides is 1. The number of nitrogens with zero attached hydrogens (tertiary/aromatic N) is 3. The van der Waals surface area contributed by atoms with Gasteiger partial charge in [0.15, 0.2) is 0 Å². The Hall–Kier alpha value is -1.24. The van der Waals surface area contributed by atoms with Crippen molar-refractivity contribution in [2.75, 3.05) is 13.1 Å². The van der Waals surface area contributed by atoms with Crippen molar-refractivity contribution in [3.8, 4) is 0 Å². The smallest absolute Gasteiger partial charge is 0.224 e. The molecule has 2 aromatic heterocycles. The molecule has 1 atom stereocenters. The molecule has 1 aliphatic heterocycles. The highest BCUT2D eigenvalue weighted by molar-refractivity contribution is 7.16. The van der Waals surface area contributed by atoms with Crippen LogP contribution in [0.4, 0.5) is 0 Å². The lowest BCUT2D eigenvalue weighted by atomic mass is 9.89. The molecule has 2 N–H and O–H groups in total. The summed E-state index contributed by atoms with van der Waals surface area (Å²) in [6, 6.07) is 1.92. The van der Waals surface area contributed by atoms with Gasteiger partial charge in [-0.15, -0.1) is 11.3 Å². The molecule has 106 valence electrons. The molecule has 0 aliphatic carbocycles. The molecule has 1 amide bonds. The van der Waals surface area contributed by atoms with Gasteiger partial charge in [0.2, 0.25) is 5.91 Å². The third kappa shape index (κ3) is 2.39. The summed E-state index contributed by atoms with van der Waals surface area (Å²) in [6.45, 7) is 3.97. The first-order chi connectivity index (χ1) is 9.48. The number of aromatic nitrogens is 2. The van der Waals surface area contributed by atoms with Gasteiger partial charge in [0, 0.05) is 11.9 Å². The van der Waals surface area contributed by atoms with Crippen LogP contribution in [0.1, 0.15) is 19.2 Å². The largest absolute Gasteiger partial charge is 0.369 e. The Morgan fingerprint density at radius 3 is 3.10 bits per heavy atom. The quantitative estimate of drug-likeness (QED) is 0.881. The fourth-order valence-electron chi connectivity index (χ4n) is 2.52. The monoisotopic (exact) mass is 310 g/mol. The first-order valence-corrected chi connectivity index (χ1v) is 7.66. The van der Waals surface area contributed by atoms with Crippen LogP contribution < -0.4 is 5.73 Å². The molecule has 0 aromatic carbocycles. The standard InChI is InChI=1S/C13H15ClN4OS/c1-13(12(15)19)3-4-18(7-13)6-9-16-10(14)8-2-5-20-11(8)17-9/h2,5H,3-4,6-7H2,1H3,(H2,15,19). The lowest BCUT2D eigenvalue weighted by Gasteiger charge is -2.20. The van der Waals surface area contributed by atoms with Crippen molar-refractivity contribution in [1.82, 2.24) is 14.9 Å². The zero-order valence-electron chi connectivity index (χ0n) is 11.1. The average Bonchev–Trinajstić information content (AvgIpc) is 2.97. The topological polar surface area (TPSA) is 72.1 Å². The molecule has 20 heavy (non-hydrogen) atoms. The SMILES string of the molecule is CC1(C(N)=O)CCN(Cc2nc(Cl)c3ccsc3n2)C1. The first kappa shape index (κ1) is 13.7. The summed E-state index contributed by atoms with van der Waals surface area (Å²) in [5.41, 5.74) is 5.01. The van der Waals surface area contributed by atoms with Crippen molar-refractivity contribution >= 4 is 39.1 Å². The van der Waals surface area contributed by atoms with Crippen molar-refractivity contribution in [3.05, 3.63) is 22.4 Å². The van der Waals surface area contributed by atoms with E-state index in [1.54, 1.807) is 11.3 Å². The van der Waals surface area contributed by atoms with Gasteiger partial charge in [-0.2, -0.15) is 0 Å². The summed E-state index contributed by atoms with van der Waals surface area (Å²) >= 11 is 7.71. The second-order valence-corrected chi connectivity index (χ2v) is 6.71. The van der Waals surface area contributed by atoms with Crippen LogP contribution in [0.15, 0.2) is 11.4 Å². The summed E-state index contributed by atoms with van der Waals surface area (Å²) < 4.78 is 0. The molecule has 1 fully saturated rings. The van der Waals surface area contributed by atoms with Crippen molar-refractivity contribution in [1.29, 1.82) is 0 Å². The van der Waals surface area contributed by atoms with Gasteiger partial charge in [-0.25, -0.2) is 9.97 Å². The van der Waals surface area contributed by atoms with Crippen LogP contribution in [0.3, 0.4) is 0 Å². The zero-order chi connectivity index (χ0) is 14.3. The van der Waals surface area contributed by atoms with Crippen LogP contribution in [-0.4, -0.2) is 33.9 Å². The third-order valence-corrected chi connectivity index (χ3v) is 4.93. The van der Waals surface area contributed by atoms with Crippen LogP contribution in [0, 0.1) is 5.41 Å². The van der Waals surface area contributed by atoms with E-state index in [1.807, 2.05) is 18.4 Å². The van der Waals surface area contributed by atoms with E-state index in [2.05, 4.69) is 14.9 Å². The Morgan fingerprint density at radius 2 is 2.40 bits per heavy atom. The number of halogens is 1. The number of thiophene rings is 1. The number of hydrogen-bond donors (Lipinski definition) is 1. The predicted molar refractivity (Wildman–Crippen MR) is 79.6 cm³/mol.